The Bertz CT molecular complexity index is 1260. The molecule has 1 N–H and O–H groups in total. The predicted octanol–water partition coefficient (Wildman–Crippen LogP) is 5.42. The molecule has 0 saturated carbocycles. The van der Waals surface area contributed by atoms with Crippen LogP contribution in [0.15, 0.2) is 65.0 Å². The minimum Gasteiger partial charge on any atom is -0.496 e. The van der Waals surface area contributed by atoms with Crippen molar-refractivity contribution in [1.29, 1.82) is 0 Å². The first-order valence-corrected chi connectivity index (χ1v) is 12.6. The second-order valence-electron chi connectivity index (χ2n) is 9.50. The average Bonchev–Trinajstić information content (AvgIpc) is 2.91. The number of allylic oxidation sites excluding steroid dienone is 3. The third-order valence-electron chi connectivity index (χ3n) is 7.26. The summed E-state index contributed by atoms with van der Waals surface area (Å²) >= 11 is 0. The molecular formula is C30H35NO6. The van der Waals surface area contributed by atoms with Crippen LogP contribution in [0.2, 0.25) is 0 Å². The molecule has 7 heteroatoms. The Balaban J connectivity index is 1.79. The lowest BCUT2D eigenvalue weighted by molar-refractivity contribution is -0.144. The maximum atomic E-state index is 13.9. The van der Waals surface area contributed by atoms with Crippen molar-refractivity contribution in [2.75, 3.05) is 21.3 Å². The van der Waals surface area contributed by atoms with Gasteiger partial charge in [0.1, 0.15) is 5.75 Å². The monoisotopic (exact) mass is 505 g/mol. The van der Waals surface area contributed by atoms with Crippen LogP contribution in [0.25, 0.3) is 0 Å². The highest BCUT2D eigenvalue weighted by atomic mass is 16.5. The first-order valence-electron chi connectivity index (χ1n) is 12.6. The Hall–Kier alpha value is -3.74. The summed E-state index contributed by atoms with van der Waals surface area (Å²) in [4.78, 5) is 27.3. The number of carbonyl (C=O) groups excluding carboxylic acids is 2. The number of benzene rings is 2. The summed E-state index contributed by atoms with van der Waals surface area (Å²) in [5.74, 6) is 0.839. The lowest BCUT2D eigenvalue weighted by Gasteiger charge is -2.37. The largest absolute Gasteiger partial charge is 0.496 e. The van der Waals surface area contributed by atoms with Crippen LogP contribution in [-0.2, 0) is 14.3 Å². The summed E-state index contributed by atoms with van der Waals surface area (Å²) in [6.45, 7) is 5.70. The van der Waals surface area contributed by atoms with Gasteiger partial charge in [0.05, 0.1) is 38.9 Å². The van der Waals surface area contributed by atoms with Crippen LogP contribution in [0.4, 0.5) is 0 Å². The maximum Gasteiger partial charge on any atom is 0.337 e. The topological polar surface area (TPSA) is 83.1 Å². The summed E-state index contributed by atoms with van der Waals surface area (Å²) in [6.07, 6.45) is 1.39. The number of carbonyl (C=O) groups is 2. The summed E-state index contributed by atoms with van der Waals surface area (Å²) in [5.41, 5.74) is 4.32. The Morgan fingerprint density at radius 2 is 1.70 bits per heavy atom. The molecule has 0 unspecified atom stereocenters. The Morgan fingerprint density at radius 1 is 1.00 bits per heavy atom. The lowest BCUT2D eigenvalue weighted by atomic mass is 9.71. The molecule has 1 heterocycles. The molecule has 37 heavy (non-hydrogen) atoms. The summed E-state index contributed by atoms with van der Waals surface area (Å²) in [7, 11) is 4.79. The van der Waals surface area contributed by atoms with Crippen LogP contribution in [0.1, 0.15) is 63.0 Å². The van der Waals surface area contributed by atoms with Crippen LogP contribution in [0.3, 0.4) is 0 Å². The fourth-order valence-corrected chi connectivity index (χ4v) is 5.20. The number of hydrogen-bond donors (Lipinski definition) is 1. The zero-order valence-corrected chi connectivity index (χ0v) is 22.3. The summed E-state index contributed by atoms with van der Waals surface area (Å²) in [5, 5.41) is 3.40. The molecule has 0 aromatic heterocycles. The van der Waals surface area contributed by atoms with Crippen LogP contribution in [-0.4, -0.2) is 39.2 Å². The minimum atomic E-state index is -0.581. The molecule has 2 aromatic carbocycles. The Morgan fingerprint density at radius 3 is 2.38 bits per heavy atom. The van der Waals surface area contributed by atoms with Gasteiger partial charge < -0.3 is 24.3 Å². The standard InChI is InChI=1S/C30H35NO6/c1-7-17(2)37-30(33)27-18(3)31-22-14-20(19-12-13-25(35-5)26(16-19)36-6)15-23(32)29(22)28(27)21-10-8-9-11-24(21)34-4/h8-13,16-17,20,28,31H,7,14-15H2,1-6H3/t17-,20+,28-/m0/s1. The smallest absolute Gasteiger partial charge is 0.337 e. The molecule has 0 spiro atoms. The van der Waals surface area contributed by atoms with Crippen molar-refractivity contribution in [3.05, 3.63) is 76.1 Å². The van der Waals surface area contributed by atoms with E-state index < -0.39 is 11.9 Å². The molecule has 7 nitrogen and oxygen atoms in total. The van der Waals surface area contributed by atoms with Crippen molar-refractivity contribution in [1.82, 2.24) is 5.32 Å². The zero-order chi connectivity index (χ0) is 26.7. The van der Waals surface area contributed by atoms with E-state index in [1.807, 2.05) is 63.2 Å². The van der Waals surface area contributed by atoms with Gasteiger partial charge in [0.25, 0.3) is 0 Å². The molecular weight excluding hydrogens is 470 g/mol. The normalized spacial score (nSPS) is 20.1. The fourth-order valence-electron chi connectivity index (χ4n) is 5.20. The first-order chi connectivity index (χ1) is 17.8. The predicted molar refractivity (Wildman–Crippen MR) is 141 cm³/mol. The van der Waals surface area contributed by atoms with Crippen molar-refractivity contribution >= 4 is 11.8 Å². The summed E-state index contributed by atoms with van der Waals surface area (Å²) in [6, 6.07) is 13.3. The van der Waals surface area contributed by atoms with E-state index in [4.69, 9.17) is 18.9 Å². The van der Waals surface area contributed by atoms with Crippen molar-refractivity contribution in [2.45, 2.75) is 58.0 Å². The second-order valence-corrected chi connectivity index (χ2v) is 9.50. The highest BCUT2D eigenvalue weighted by Gasteiger charge is 2.42. The summed E-state index contributed by atoms with van der Waals surface area (Å²) < 4.78 is 22.3. The molecule has 1 aliphatic heterocycles. The quantitative estimate of drug-likeness (QED) is 0.480. The van der Waals surface area contributed by atoms with Crippen LogP contribution < -0.4 is 19.5 Å². The van der Waals surface area contributed by atoms with Gasteiger partial charge in [-0.15, -0.1) is 0 Å². The molecule has 0 radical (unpaired) electrons. The molecule has 196 valence electrons. The van der Waals surface area contributed by atoms with E-state index in [2.05, 4.69) is 5.32 Å². The maximum absolute atomic E-state index is 13.9. The zero-order valence-electron chi connectivity index (χ0n) is 22.3. The number of ether oxygens (including phenoxy) is 4. The van der Waals surface area contributed by atoms with Gasteiger partial charge in [-0.1, -0.05) is 31.2 Å². The first kappa shape index (κ1) is 26.3. The number of dihydropyridines is 1. The number of hydrogen-bond acceptors (Lipinski definition) is 7. The van der Waals surface area contributed by atoms with Crippen LogP contribution in [0.5, 0.6) is 17.2 Å². The van der Waals surface area contributed by atoms with Crippen molar-refractivity contribution in [3.63, 3.8) is 0 Å². The van der Waals surface area contributed by atoms with E-state index in [1.165, 1.54) is 0 Å². The van der Waals surface area contributed by atoms with Gasteiger partial charge in [-0.05, 0) is 56.4 Å². The van der Waals surface area contributed by atoms with Gasteiger partial charge in [0, 0.05) is 29.0 Å². The molecule has 2 aromatic rings. The van der Waals surface area contributed by atoms with E-state index in [1.54, 1.807) is 21.3 Å². The molecule has 3 atom stereocenters. The molecule has 0 bridgehead atoms. The SMILES string of the molecule is CC[C@H](C)OC(=O)C1=C(C)NC2=C(C(=O)C[C@H](c3ccc(OC)c(OC)c3)C2)[C@H]1c1ccccc1OC. The number of esters is 1. The van der Waals surface area contributed by atoms with Crippen molar-refractivity contribution in [3.8, 4) is 17.2 Å². The highest BCUT2D eigenvalue weighted by Crippen LogP contribution is 2.48. The van der Waals surface area contributed by atoms with E-state index in [0.717, 1.165) is 16.8 Å². The number of para-hydroxylation sites is 1. The van der Waals surface area contributed by atoms with E-state index >= 15 is 0 Å². The molecule has 0 amide bonds. The van der Waals surface area contributed by atoms with Gasteiger partial charge in [-0.2, -0.15) is 0 Å². The minimum absolute atomic E-state index is 0.00854. The molecule has 1 aliphatic carbocycles. The average molecular weight is 506 g/mol. The van der Waals surface area contributed by atoms with E-state index in [0.29, 0.717) is 53.4 Å². The molecule has 2 aliphatic rings. The van der Waals surface area contributed by atoms with E-state index in [-0.39, 0.29) is 17.8 Å². The van der Waals surface area contributed by atoms with Crippen LogP contribution >= 0.6 is 0 Å². The van der Waals surface area contributed by atoms with Crippen LogP contribution in [0, 0.1) is 0 Å². The van der Waals surface area contributed by atoms with Gasteiger partial charge in [-0.3, -0.25) is 4.79 Å². The number of nitrogens with one attached hydrogen (secondary N) is 1. The van der Waals surface area contributed by atoms with Gasteiger partial charge in [0.2, 0.25) is 0 Å². The lowest BCUT2D eigenvalue weighted by Crippen LogP contribution is -2.36. The van der Waals surface area contributed by atoms with Crippen molar-refractivity contribution in [2.24, 2.45) is 0 Å². The second kappa shape index (κ2) is 11.1. The van der Waals surface area contributed by atoms with Gasteiger partial charge in [-0.25, -0.2) is 4.79 Å². The van der Waals surface area contributed by atoms with Gasteiger partial charge >= 0.3 is 5.97 Å². The number of rotatable bonds is 8. The third-order valence-corrected chi connectivity index (χ3v) is 7.26. The van der Waals surface area contributed by atoms with Crippen molar-refractivity contribution < 1.29 is 28.5 Å². The number of ketones is 1. The van der Waals surface area contributed by atoms with Gasteiger partial charge in [0.15, 0.2) is 17.3 Å². The Kier molecular flexibility index (Phi) is 7.91. The molecule has 0 saturated heterocycles. The van der Waals surface area contributed by atoms with E-state index in [9.17, 15) is 9.59 Å². The number of Topliss-reactive ketones (excluding diaryl/α,β-unsaturated/α-hetero) is 1. The molecule has 0 fully saturated rings. The third kappa shape index (κ3) is 5.08. The Labute approximate surface area is 218 Å². The number of methoxy groups -OCH3 is 3. The molecule has 4 rings (SSSR count). The highest BCUT2D eigenvalue weighted by molar-refractivity contribution is 6.04. The fraction of sp³-hybridized carbons (Fsp3) is 0.400.